The molecule has 0 fully saturated rings. The number of hydrogen-bond donors (Lipinski definition) is 0. The van der Waals surface area contributed by atoms with Gasteiger partial charge in [0.15, 0.2) is 0 Å². The molecular weight excluding hydrogens is 250 g/mol. The average molecular weight is 265 g/mol. The number of carbonyl (C=O) groups is 1. The maximum Gasteiger partial charge on any atom is 0.353 e. The molecule has 0 radical (unpaired) electrons. The Bertz CT molecular complexity index is 631. The van der Waals surface area contributed by atoms with Gasteiger partial charge in [-0.05, 0) is 17.7 Å². The summed E-state index contributed by atoms with van der Waals surface area (Å²) in [5.74, 6) is -0.317. The lowest BCUT2D eigenvalue weighted by Gasteiger charge is -2.20. The van der Waals surface area contributed by atoms with Gasteiger partial charge in [0.1, 0.15) is 0 Å². The third kappa shape index (κ3) is 3.19. The summed E-state index contributed by atoms with van der Waals surface area (Å²) in [5.41, 5.74) is 10.6. The van der Waals surface area contributed by atoms with Gasteiger partial charge in [-0.15, -0.1) is 0 Å². The zero-order valence-electron chi connectivity index (χ0n) is 11.2. The lowest BCUT2D eigenvalue weighted by molar-refractivity contribution is -0.117. The van der Waals surface area contributed by atoms with Gasteiger partial charge < -0.3 is 5.53 Å². The summed E-state index contributed by atoms with van der Waals surface area (Å²) >= 11 is 0. The van der Waals surface area contributed by atoms with Gasteiger partial charge in [0.25, 0.3) is 0 Å². The van der Waals surface area contributed by atoms with Gasteiger partial charge in [-0.1, -0.05) is 48.5 Å². The summed E-state index contributed by atoms with van der Waals surface area (Å²) in [6, 6.07) is 19.0. The van der Waals surface area contributed by atoms with E-state index in [1.54, 1.807) is 4.90 Å². The van der Waals surface area contributed by atoms with Gasteiger partial charge in [0.05, 0.1) is 6.54 Å². The van der Waals surface area contributed by atoms with E-state index in [0.717, 1.165) is 11.3 Å². The number of benzene rings is 2. The molecule has 0 aromatic heterocycles. The number of rotatable bonds is 4. The third-order valence-electron chi connectivity index (χ3n) is 2.96. The standard InChI is InChI=1S/C16H15N3O/c1-13(18-17)16(20)19(15-10-6-3-7-11-15)12-14-8-4-2-5-9-14/h2-11H,12H2,1H3. The topological polar surface area (TPSA) is 56.7 Å². The smallest absolute Gasteiger partial charge is 0.353 e. The highest BCUT2D eigenvalue weighted by atomic mass is 16.2. The van der Waals surface area contributed by atoms with Crippen LogP contribution in [0.4, 0.5) is 5.69 Å². The Kier molecular flexibility index (Phi) is 4.43. The molecule has 0 spiro atoms. The van der Waals surface area contributed by atoms with Crippen molar-refractivity contribution >= 4 is 17.3 Å². The van der Waals surface area contributed by atoms with Gasteiger partial charge >= 0.3 is 11.6 Å². The minimum Gasteiger partial charge on any atom is -0.361 e. The van der Waals surface area contributed by atoms with Crippen LogP contribution in [0.25, 0.3) is 5.53 Å². The molecule has 0 aliphatic carbocycles. The predicted octanol–water partition coefficient (Wildman–Crippen LogP) is 2.91. The highest BCUT2D eigenvalue weighted by molar-refractivity contribution is 6.40. The van der Waals surface area contributed by atoms with Crippen molar-refractivity contribution in [2.45, 2.75) is 13.5 Å². The molecule has 2 aromatic carbocycles. The summed E-state index contributed by atoms with van der Waals surface area (Å²) < 4.78 is 0. The average Bonchev–Trinajstić information content (AvgIpc) is 2.53. The Balaban J connectivity index is 2.35. The lowest BCUT2D eigenvalue weighted by atomic mass is 10.2. The maximum absolute atomic E-state index is 12.3. The first kappa shape index (κ1) is 13.7. The van der Waals surface area contributed by atoms with Crippen LogP contribution in [0.15, 0.2) is 60.7 Å². The Morgan fingerprint density at radius 1 is 1.05 bits per heavy atom. The van der Waals surface area contributed by atoms with E-state index in [0.29, 0.717) is 6.54 Å². The Morgan fingerprint density at radius 3 is 2.15 bits per heavy atom. The highest BCUT2D eigenvalue weighted by Gasteiger charge is 2.23. The molecule has 0 saturated carbocycles. The van der Waals surface area contributed by atoms with E-state index in [2.05, 4.69) is 4.79 Å². The minimum atomic E-state index is -0.317. The van der Waals surface area contributed by atoms with E-state index in [1.807, 2.05) is 60.7 Å². The van der Waals surface area contributed by atoms with Gasteiger partial charge in [0.2, 0.25) is 0 Å². The van der Waals surface area contributed by atoms with Crippen LogP contribution in [-0.4, -0.2) is 16.4 Å². The summed E-state index contributed by atoms with van der Waals surface area (Å²) in [4.78, 5) is 16.9. The molecule has 1 amide bonds. The molecule has 100 valence electrons. The quantitative estimate of drug-likeness (QED) is 0.476. The molecule has 0 N–H and O–H groups in total. The van der Waals surface area contributed by atoms with Crippen LogP contribution in [0.5, 0.6) is 0 Å². The second-order valence-corrected chi connectivity index (χ2v) is 4.40. The molecule has 20 heavy (non-hydrogen) atoms. The molecule has 0 aliphatic heterocycles. The molecule has 0 heterocycles. The van der Waals surface area contributed by atoms with E-state index in [4.69, 9.17) is 5.53 Å². The van der Waals surface area contributed by atoms with E-state index >= 15 is 0 Å². The largest absolute Gasteiger partial charge is 0.361 e. The van der Waals surface area contributed by atoms with Crippen molar-refractivity contribution in [3.63, 3.8) is 0 Å². The SMILES string of the molecule is CC(=[N+]=[N-])C(=O)N(Cc1ccccc1)c1ccccc1. The Morgan fingerprint density at radius 2 is 1.60 bits per heavy atom. The molecular formula is C16H15N3O. The second kappa shape index (κ2) is 6.45. The number of para-hydroxylation sites is 1. The molecule has 4 nitrogen and oxygen atoms in total. The van der Waals surface area contributed by atoms with Crippen molar-refractivity contribution in [2.75, 3.05) is 4.90 Å². The number of hydrogen-bond acceptors (Lipinski definition) is 1. The fourth-order valence-electron chi connectivity index (χ4n) is 1.89. The molecule has 0 unspecified atom stereocenters. The fraction of sp³-hybridized carbons (Fsp3) is 0.125. The van der Waals surface area contributed by atoms with Crippen LogP contribution in [0.2, 0.25) is 0 Å². The molecule has 0 bridgehead atoms. The van der Waals surface area contributed by atoms with Crippen molar-refractivity contribution in [3.8, 4) is 0 Å². The van der Waals surface area contributed by atoms with Crippen LogP contribution in [0.3, 0.4) is 0 Å². The van der Waals surface area contributed by atoms with E-state index in [9.17, 15) is 4.79 Å². The minimum absolute atomic E-state index is 0.0600. The van der Waals surface area contributed by atoms with Crippen LogP contribution in [0.1, 0.15) is 12.5 Å². The van der Waals surface area contributed by atoms with Crippen molar-refractivity contribution in [3.05, 3.63) is 71.8 Å². The first-order valence-corrected chi connectivity index (χ1v) is 6.32. The van der Waals surface area contributed by atoms with Gasteiger partial charge in [-0.3, -0.25) is 9.69 Å². The summed E-state index contributed by atoms with van der Waals surface area (Å²) in [6.07, 6.45) is 0. The molecule has 2 aromatic rings. The summed E-state index contributed by atoms with van der Waals surface area (Å²) in [5, 5.41) is 0. The second-order valence-electron chi connectivity index (χ2n) is 4.40. The summed E-state index contributed by atoms with van der Waals surface area (Å²) in [7, 11) is 0. The molecule has 0 atom stereocenters. The number of nitrogens with zero attached hydrogens (tertiary/aromatic N) is 3. The predicted molar refractivity (Wildman–Crippen MR) is 78.4 cm³/mol. The summed E-state index contributed by atoms with van der Waals surface area (Å²) in [6.45, 7) is 1.92. The maximum atomic E-state index is 12.3. The Labute approximate surface area is 117 Å². The van der Waals surface area contributed by atoms with Gasteiger partial charge in [-0.2, -0.15) is 4.79 Å². The third-order valence-corrected chi connectivity index (χ3v) is 2.96. The van der Waals surface area contributed by atoms with Crippen LogP contribution in [0, 0.1) is 0 Å². The molecule has 2 rings (SSSR count). The van der Waals surface area contributed by atoms with Gasteiger partial charge in [0, 0.05) is 12.6 Å². The first-order chi connectivity index (χ1) is 9.72. The lowest BCUT2D eigenvalue weighted by Crippen LogP contribution is -2.35. The van der Waals surface area contributed by atoms with E-state index in [-0.39, 0.29) is 11.6 Å². The van der Waals surface area contributed by atoms with Gasteiger partial charge in [-0.25, -0.2) is 0 Å². The van der Waals surface area contributed by atoms with Crippen LogP contribution in [-0.2, 0) is 11.3 Å². The molecule has 0 aliphatic rings. The van der Waals surface area contributed by atoms with Crippen molar-refractivity contribution in [1.82, 2.24) is 0 Å². The van der Waals surface area contributed by atoms with Crippen LogP contribution < -0.4 is 4.90 Å². The number of carbonyl (C=O) groups excluding carboxylic acids is 1. The number of anilines is 1. The monoisotopic (exact) mass is 265 g/mol. The normalized spacial score (nSPS) is 9.65. The Hall–Kier alpha value is -2.71. The molecule has 0 saturated heterocycles. The molecule has 4 heteroatoms. The highest BCUT2D eigenvalue weighted by Crippen LogP contribution is 2.17. The van der Waals surface area contributed by atoms with Crippen LogP contribution >= 0.6 is 0 Å². The zero-order chi connectivity index (χ0) is 14.4. The first-order valence-electron chi connectivity index (χ1n) is 6.32. The van der Waals surface area contributed by atoms with Crippen molar-refractivity contribution < 1.29 is 9.58 Å². The van der Waals surface area contributed by atoms with E-state index in [1.165, 1.54) is 6.92 Å². The fourth-order valence-corrected chi connectivity index (χ4v) is 1.89. The van der Waals surface area contributed by atoms with Crippen molar-refractivity contribution in [1.29, 1.82) is 0 Å². The van der Waals surface area contributed by atoms with E-state index < -0.39 is 0 Å². The van der Waals surface area contributed by atoms with Crippen molar-refractivity contribution in [2.24, 2.45) is 0 Å². The number of amides is 1. The zero-order valence-corrected chi connectivity index (χ0v) is 11.2.